The van der Waals surface area contributed by atoms with Gasteiger partial charge in [-0.1, -0.05) is 6.07 Å². The molecule has 0 aromatic heterocycles. The van der Waals surface area contributed by atoms with Gasteiger partial charge in [0.05, 0.1) is 0 Å². The second-order valence-electron chi connectivity index (χ2n) is 5.16. The fraction of sp³-hybridized carbons (Fsp3) is 0.571. The molecule has 1 aliphatic heterocycles. The molecule has 0 amide bonds. The van der Waals surface area contributed by atoms with Crippen molar-refractivity contribution >= 4 is 0 Å². The van der Waals surface area contributed by atoms with Crippen LogP contribution in [0.5, 0.6) is 5.75 Å². The van der Waals surface area contributed by atoms with Gasteiger partial charge in [0.15, 0.2) is 11.6 Å². The second-order valence-corrected chi connectivity index (χ2v) is 5.16. The molecule has 1 heterocycles. The SMILES string of the molecule is CN1CCC(CNCc2ccc(O)c(F)c2)CC1. The van der Waals surface area contributed by atoms with E-state index in [9.17, 15) is 4.39 Å². The summed E-state index contributed by atoms with van der Waals surface area (Å²) in [6, 6.07) is 4.54. The van der Waals surface area contributed by atoms with E-state index < -0.39 is 5.82 Å². The highest BCUT2D eigenvalue weighted by molar-refractivity contribution is 5.27. The molecule has 1 aliphatic rings. The monoisotopic (exact) mass is 252 g/mol. The maximum Gasteiger partial charge on any atom is 0.165 e. The molecule has 1 aromatic carbocycles. The summed E-state index contributed by atoms with van der Waals surface area (Å²) >= 11 is 0. The summed E-state index contributed by atoms with van der Waals surface area (Å²) in [5.41, 5.74) is 0.873. The minimum absolute atomic E-state index is 0.283. The fourth-order valence-electron chi connectivity index (χ4n) is 2.35. The van der Waals surface area contributed by atoms with Crippen LogP contribution in [-0.2, 0) is 6.54 Å². The van der Waals surface area contributed by atoms with Gasteiger partial charge in [-0.3, -0.25) is 0 Å². The van der Waals surface area contributed by atoms with Gasteiger partial charge in [0.1, 0.15) is 0 Å². The largest absolute Gasteiger partial charge is 0.505 e. The summed E-state index contributed by atoms with van der Waals surface area (Å²) in [5, 5.41) is 12.5. The van der Waals surface area contributed by atoms with Gasteiger partial charge in [0, 0.05) is 6.54 Å². The van der Waals surface area contributed by atoms with Gasteiger partial charge >= 0.3 is 0 Å². The van der Waals surface area contributed by atoms with E-state index in [2.05, 4.69) is 17.3 Å². The van der Waals surface area contributed by atoms with Crippen molar-refractivity contribution in [2.75, 3.05) is 26.7 Å². The van der Waals surface area contributed by atoms with E-state index in [1.165, 1.54) is 38.1 Å². The number of rotatable bonds is 4. The van der Waals surface area contributed by atoms with Crippen LogP contribution in [0.15, 0.2) is 18.2 Å². The summed E-state index contributed by atoms with van der Waals surface area (Å²) in [6.07, 6.45) is 2.46. The molecule has 100 valence electrons. The fourth-order valence-corrected chi connectivity index (χ4v) is 2.35. The van der Waals surface area contributed by atoms with E-state index in [1.807, 2.05) is 0 Å². The summed E-state index contributed by atoms with van der Waals surface area (Å²) in [7, 11) is 2.16. The zero-order chi connectivity index (χ0) is 13.0. The van der Waals surface area contributed by atoms with Gasteiger partial charge in [-0.05, 0) is 63.1 Å². The maximum atomic E-state index is 13.1. The van der Waals surface area contributed by atoms with Gasteiger partial charge in [-0.15, -0.1) is 0 Å². The Hall–Kier alpha value is -1.13. The molecule has 3 nitrogen and oxygen atoms in total. The van der Waals surface area contributed by atoms with Crippen LogP contribution in [0.4, 0.5) is 4.39 Å². The first-order valence-electron chi connectivity index (χ1n) is 6.52. The molecule has 0 unspecified atom stereocenters. The zero-order valence-corrected chi connectivity index (χ0v) is 10.8. The number of phenols is 1. The number of likely N-dealkylation sites (tertiary alicyclic amines) is 1. The van der Waals surface area contributed by atoms with Gasteiger partial charge in [0.25, 0.3) is 0 Å². The van der Waals surface area contributed by atoms with Crippen molar-refractivity contribution in [2.24, 2.45) is 5.92 Å². The molecule has 0 radical (unpaired) electrons. The van der Waals surface area contributed by atoms with Crippen molar-refractivity contribution in [3.63, 3.8) is 0 Å². The summed E-state index contributed by atoms with van der Waals surface area (Å²) in [6.45, 7) is 3.97. The first kappa shape index (κ1) is 13.3. The smallest absolute Gasteiger partial charge is 0.165 e. The second kappa shape index (κ2) is 6.16. The minimum atomic E-state index is -0.548. The van der Waals surface area contributed by atoms with Crippen LogP contribution >= 0.6 is 0 Å². The van der Waals surface area contributed by atoms with Crippen molar-refractivity contribution in [3.05, 3.63) is 29.6 Å². The lowest BCUT2D eigenvalue weighted by Gasteiger charge is -2.29. The van der Waals surface area contributed by atoms with Gasteiger partial charge in [-0.25, -0.2) is 4.39 Å². The van der Waals surface area contributed by atoms with Crippen LogP contribution in [0.3, 0.4) is 0 Å². The van der Waals surface area contributed by atoms with Crippen molar-refractivity contribution in [3.8, 4) is 5.75 Å². The molecule has 0 spiro atoms. The molecule has 0 aliphatic carbocycles. The normalized spacial score (nSPS) is 18.1. The number of nitrogens with zero attached hydrogens (tertiary/aromatic N) is 1. The van der Waals surface area contributed by atoms with E-state index in [-0.39, 0.29) is 5.75 Å². The van der Waals surface area contributed by atoms with E-state index >= 15 is 0 Å². The van der Waals surface area contributed by atoms with Crippen molar-refractivity contribution in [1.29, 1.82) is 0 Å². The third-order valence-corrected chi connectivity index (χ3v) is 3.61. The Bertz CT molecular complexity index is 389. The molecule has 4 heteroatoms. The molecular formula is C14H21FN2O. The standard InChI is InChI=1S/C14H21FN2O/c1-17-6-4-11(5-7-17)9-16-10-12-2-3-14(18)13(15)8-12/h2-3,8,11,16,18H,4-7,9-10H2,1H3. The topological polar surface area (TPSA) is 35.5 Å². The highest BCUT2D eigenvalue weighted by atomic mass is 19.1. The lowest BCUT2D eigenvalue weighted by atomic mass is 9.97. The quantitative estimate of drug-likeness (QED) is 0.860. The molecule has 2 rings (SSSR count). The highest BCUT2D eigenvalue weighted by Gasteiger charge is 2.15. The molecule has 1 aromatic rings. The Kier molecular flexibility index (Phi) is 4.55. The van der Waals surface area contributed by atoms with Crippen molar-refractivity contribution < 1.29 is 9.50 Å². The van der Waals surface area contributed by atoms with Crippen LogP contribution in [0.25, 0.3) is 0 Å². The lowest BCUT2D eigenvalue weighted by molar-refractivity contribution is 0.216. The Morgan fingerprint density at radius 1 is 1.39 bits per heavy atom. The minimum Gasteiger partial charge on any atom is -0.505 e. The molecule has 0 atom stereocenters. The summed E-state index contributed by atoms with van der Waals surface area (Å²) in [4.78, 5) is 2.35. The van der Waals surface area contributed by atoms with Gasteiger partial charge < -0.3 is 15.3 Å². The van der Waals surface area contributed by atoms with Crippen LogP contribution in [0.1, 0.15) is 18.4 Å². The van der Waals surface area contributed by atoms with E-state index in [0.29, 0.717) is 6.54 Å². The van der Waals surface area contributed by atoms with Crippen molar-refractivity contribution in [1.82, 2.24) is 10.2 Å². The molecule has 18 heavy (non-hydrogen) atoms. The van der Waals surface area contributed by atoms with E-state index in [0.717, 1.165) is 18.0 Å². The number of aromatic hydroxyl groups is 1. The Morgan fingerprint density at radius 3 is 2.78 bits per heavy atom. The molecule has 0 saturated carbocycles. The van der Waals surface area contributed by atoms with Crippen LogP contribution in [0, 0.1) is 11.7 Å². The number of phenolic OH excluding ortho intramolecular Hbond substituents is 1. The van der Waals surface area contributed by atoms with E-state index in [4.69, 9.17) is 5.11 Å². The third kappa shape index (κ3) is 3.68. The van der Waals surface area contributed by atoms with Crippen LogP contribution in [0.2, 0.25) is 0 Å². The molecule has 1 fully saturated rings. The Balaban J connectivity index is 1.73. The van der Waals surface area contributed by atoms with Crippen LogP contribution < -0.4 is 5.32 Å². The molecule has 0 bridgehead atoms. The Labute approximate surface area is 108 Å². The molecular weight excluding hydrogens is 231 g/mol. The number of piperidine rings is 1. The highest BCUT2D eigenvalue weighted by Crippen LogP contribution is 2.17. The predicted molar refractivity (Wildman–Crippen MR) is 70.0 cm³/mol. The zero-order valence-electron chi connectivity index (χ0n) is 10.8. The first-order valence-corrected chi connectivity index (χ1v) is 6.52. The number of hydrogen-bond donors (Lipinski definition) is 2. The number of benzene rings is 1. The van der Waals surface area contributed by atoms with Crippen molar-refractivity contribution in [2.45, 2.75) is 19.4 Å². The van der Waals surface area contributed by atoms with Gasteiger partial charge in [0.2, 0.25) is 0 Å². The third-order valence-electron chi connectivity index (χ3n) is 3.61. The average molecular weight is 252 g/mol. The number of hydrogen-bond acceptors (Lipinski definition) is 3. The summed E-state index contributed by atoms with van der Waals surface area (Å²) in [5.74, 6) is -0.106. The average Bonchev–Trinajstić information content (AvgIpc) is 2.36. The van der Waals surface area contributed by atoms with E-state index in [1.54, 1.807) is 6.07 Å². The predicted octanol–water partition coefficient (Wildman–Crippen LogP) is 1.96. The lowest BCUT2D eigenvalue weighted by Crippen LogP contribution is -2.34. The molecule has 2 N–H and O–H groups in total. The maximum absolute atomic E-state index is 13.1. The Morgan fingerprint density at radius 2 is 2.11 bits per heavy atom. The molecule has 1 saturated heterocycles. The number of halogens is 1. The van der Waals surface area contributed by atoms with Crippen LogP contribution in [-0.4, -0.2) is 36.7 Å². The summed E-state index contributed by atoms with van der Waals surface area (Å²) < 4.78 is 13.1. The van der Waals surface area contributed by atoms with Gasteiger partial charge in [-0.2, -0.15) is 0 Å². The number of nitrogens with one attached hydrogen (secondary N) is 1. The first-order chi connectivity index (χ1) is 8.65.